The number of methoxy groups -OCH3 is 1. The van der Waals surface area contributed by atoms with Gasteiger partial charge in [0.05, 0.1) is 18.2 Å². The van der Waals surface area contributed by atoms with Crippen LogP contribution in [-0.2, 0) is 17.5 Å². The van der Waals surface area contributed by atoms with Crippen molar-refractivity contribution in [3.05, 3.63) is 70.8 Å². The van der Waals surface area contributed by atoms with Crippen LogP contribution in [0.1, 0.15) is 52.9 Å². The van der Waals surface area contributed by atoms with Crippen LogP contribution in [0, 0.1) is 0 Å². The maximum absolute atomic E-state index is 13.0. The van der Waals surface area contributed by atoms with Gasteiger partial charge >= 0.3 is 6.18 Å². The van der Waals surface area contributed by atoms with E-state index in [0.717, 1.165) is 24.1 Å². The van der Waals surface area contributed by atoms with E-state index in [2.05, 4.69) is 5.32 Å². The highest BCUT2D eigenvalue weighted by Crippen LogP contribution is 2.31. The van der Waals surface area contributed by atoms with E-state index >= 15 is 0 Å². The summed E-state index contributed by atoms with van der Waals surface area (Å²) in [5.41, 5.74) is 1.04. The summed E-state index contributed by atoms with van der Waals surface area (Å²) in [5.74, 6) is -0.321. The van der Waals surface area contributed by atoms with Gasteiger partial charge in [-0.2, -0.15) is 13.2 Å². The third-order valence-corrected chi connectivity index (χ3v) is 4.00. The molecule has 0 fully saturated rings. The van der Waals surface area contributed by atoms with Gasteiger partial charge in [0.15, 0.2) is 0 Å². The monoisotopic (exact) mass is 365 g/mol. The first-order chi connectivity index (χ1) is 12.3. The van der Waals surface area contributed by atoms with Gasteiger partial charge in [0.25, 0.3) is 5.91 Å². The Morgan fingerprint density at radius 1 is 1.15 bits per heavy atom. The van der Waals surface area contributed by atoms with Gasteiger partial charge in [0.1, 0.15) is 0 Å². The lowest BCUT2D eigenvalue weighted by Gasteiger charge is -2.20. The highest BCUT2D eigenvalue weighted by molar-refractivity contribution is 5.94. The fourth-order valence-corrected chi connectivity index (χ4v) is 2.75. The zero-order valence-corrected chi connectivity index (χ0v) is 14.8. The lowest BCUT2D eigenvalue weighted by Crippen LogP contribution is -2.28. The van der Waals surface area contributed by atoms with Crippen LogP contribution in [0.4, 0.5) is 13.2 Å². The average Bonchev–Trinajstić information content (AvgIpc) is 2.61. The number of hydrogen-bond acceptors (Lipinski definition) is 2. The van der Waals surface area contributed by atoms with Gasteiger partial charge < -0.3 is 10.1 Å². The third-order valence-electron chi connectivity index (χ3n) is 4.00. The summed E-state index contributed by atoms with van der Waals surface area (Å²) in [4.78, 5) is 12.6. The van der Waals surface area contributed by atoms with E-state index in [1.54, 1.807) is 31.4 Å². The van der Waals surface area contributed by atoms with E-state index in [0.29, 0.717) is 24.2 Å². The molecule has 0 saturated carbocycles. The normalized spacial score (nSPS) is 12.7. The van der Waals surface area contributed by atoms with E-state index in [1.807, 2.05) is 13.0 Å². The molecule has 0 spiro atoms. The molecule has 0 aromatic heterocycles. The van der Waals surface area contributed by atoms with Gasteiger partial charge in [-0.05, 0) is 41.8 Å². The smallest absolute Gasteiger partial charge is 0.380 e. The summed E-state index contributed by atoms with van der Waals surface area (Å²) in [6, 6.07) is 11.6. The summed E-state index contributed by atoms with van der Waals surface area (Å²) in [7, 11) is 1.57. The van der Waals surface area contributed by atoms with Crippen molar-refractivity contribution in [3.63, 3.8) is 0 Å². The van der Waals surface area contributed by atoms with Gasteiger partial charge in [-0.1, -0.05) is 37.6 Å². The Labute approximate surface area is 151 Å². The molecular weight excluding hydrogens is 343 g/mol. The highest BCUT2D eigenvalue weighted by atomic mass is 19.4. The number of benzene rings is 2. The quantitative estimate of drug-likeness (QED) is 0.739. The van der Waals surface area contributed by atoms with Crippen molar-refractivity contribution in [1.29, 1.82) is 0 Å². The number of amides is 1. The molecule has 0 heterocycles. The lowest BCUT2D eigenvalue weighted by atomic mass is 9.99. The third kappa shape index (κ3) is 5.33. The second-order valence-electron chi connectivity index (χ2n) is 6.07. The van der Waals surface area contributed by atoms with E-state index in [4.69, 9.17) is 4.74 Å². The Balaban J connectivity index is 2.23. The number of carbonyl (C=O) groups is 1. The molecule has 0 aliphatic carbocycles. The molecular formula is C20H22F3NO2. The molecule has 1 unspecified atom stereocenters. The molecule has 2 aromatic rings. The predicted molar refractivity (Wildman–Crippen MR) is 93.7 cm³/mol. The van der Waals surface area contributed by atoms with Crippen LogP contribution < -0.4 is 5.32 Å². The maximum Gasteiger partial charge on any atom is 0.416 e. The number of nitrogens with one attached hydrogen (secondary N) is 1. The van der Waals surface area contributed by atoms with Crippen LogP contribution in [0.15, 0.2) is 48.5 Å². The van der Waals surface area contributed by atoms with Crippen LogP contribution >= 0.6 is 0 Å². The van der Waals surface area contributed by atoms with Crippen LogP contribution in [0.3, 0.4) is 0 Å². The number of hydrogen-bond donors (Lipinski definition) is 1. The molecule has 1 N–H and O–H groups in total. The predicted octanol–water partition coefficient (Wildman–Crippen LogP) is 5.12. The van der Waals surface area contributed by atoms with Gasteiger partial charge in [-0.25, -0.2) is 0 Å². The van der Waals surface area contributed by atoms with Gasteiger partial charge in [0.2, 0.25) is 0 Å². The highest BCUT2D eigenvalue weighted by Gasteiger charge is 2.31. The molecule has 1 amide bonds. The summed E-state index contributed by atoms with van der Waals surface area (Å²) < 4.78 is 43.9. The number of carbonyl (C=O) groups excluding carboxylic acids is 1. The van der Waals surface area contributed by atoms with Crippen molar-refractivity contribution in [3.8, 4) is 0 Å². The van der Waals surface area contributed by atoms with Crippen LogP contribution in [0.5, 0.6) is 0 Å². The fourth-order valence-electron chi connectivity index (χ4n) is 2.75. The fraction of sp³-hybridized carbons (Fsp3) is 0.350. The molecule has 0 saturated heterocycles. The Morgan fingerprint density at radius 3 is 2.54 bits per heavy atom. The number of ether oxygens (including phenoxy) is 1. The van der Waals surface area contributed by atoms with Crippen molar-refractivity contribution >= 4 is 5.91 Å². The van der Waals surface area contributed by atoms with Crippen LogP contribution in [0.2, 0.25) is 0 Å². The van der Waals surface area contributed by atoms with Crippen molar-refractivity contribution in [1.82, 2.24) is 5.32 Å². The van der Waals surface area contributed by atoms with E-state index in [9.17, 15) is 18.0 Å². The van der Waals surface area contributed by atoms with Gasteiger partial charge in [0, 0.05) is 12.7 Å². The first-order valence-corrected chi connectivity index (χ1v) is 8.41. The van der Waals surface area contributed by atoms with E-state index in [-0.39, 0.29) is 5.91 Å². The molecule has 140 valence electrons. The molecule has 2 rings (SSSR count). The lowest BCUT2D eigenvalue weighted by molar-refractivity contribution is -0.137. The zero-order chi connectivity index (χ0) is 19.2. The molecule has 0 aliphatic heterocycles. The Morgan fingerprint density at radius 2 is 1.88 bits per heavy atom. The summed E-state index contributed by atoms with van der Waals surface area (Å²) in [6.07, 6.45) is -3.14. The Bertz CT molecular complexity index is 744. The summed E-state index contributed by atoms with van der Waals surface area (Å²) >= 11 is 0. The standard InChI is InChI=1S/C20H22F3NO2/c1-3-6-18(15-8-5-10-17(12-15)20(21,22)23)24-19(25)16-9-4-7-14(11-16)13-26-2/h4-5,7-12,18H,3,6,13H2,1-2H3,(H,24,25). The average molecular weight is 365 g/mol. The molecule has 6 heteroatoms. The van der Waals surface area contributed by atoms with Gasteiger partial charge in [-0.15, -0.1) is 0 Å². The Kier molecular flexibility index (Phi) is 6.80. The minimum atomic E-state index is -4.41. The van der Waals surface area contributed by atoms with Gasteiger partial charge in [-0.3, -0.25) is 4.79 Å². The van der Waals surface area contributed by atoms with Crippen molar-refractivity contribution in [2.45, 2.75) is 38.6 Å². The second kappa shape index (κ2) is 8.85. The minimum absolute atomic E-state index is 0.321. The molecule has 2 aromatic carbocycles. The van der Waals surface area contributed by atoms with Crippen LogP contribution in [0.25, 0.3) is 0 Å². The maximum atomic E-state index is 13.0. The van der Waals surface area contributed by atoms with E-state index in [1.165, 1.54) is 6.07 Å². The number of halogens is 3. The molecule has 0 bridgehead atoms. The first kappa shape index (κ1) is 20.0. The number of alkyl halides is 3. The van der Waals surface area contributed by atoms with Crippen molar-refractivity contribution in [2.24, 2.45) is 0 Å². The SMILES string of the molecule is CCCC(NC(=O)c1cccc(COC)c1)c1cccc(C(F)(F)F)c1. The van der Waals surface area contributed by atoms with Crippen LogP contribution in [-0.4, -0.2) is 13.0 Å². The largest absolute Gasteiger partial charge is 0.416 e. The van der Waals surface area contributed by atoms with Crippen molar-refractivity contribution < 1.29 is 22.7 Å². The molecule has 1 atom stereocenters. The molecule has 0 radical (unpaired) electrons. The number of rotatable bonds is 7. The zero-order valence-electron chi connectivity index (χ0n) is 14.8. The topological polar surface area (TPSA) is 38.3 Å². The molecule has 3 nitrogen and oxygen atoms in total. The Hall–Kier alpha value is -2.34. The first-order valence-electron chi connectivity index (χ1n) is 8.41. The summed E-state index contributed by atoms with van der Waals surface area (Å²) in [5, 5.41) is 2.85. The summed E-state index contributed by atoms with van der Waals surface area (Å²) in [6.45, 7) is 2.30. The molecule has 26 heavy (non-hydrogen) atoms. The minimum Gasteiger partial charge on any atom is -0.380 e. The molecule has 0 aliphatic rings. The van der Waals surface area contributed by atoms with Crippen molar-refractivity contribution in [2.75, 3.05) is 7.11 Å². The second-order valence-corrected chi connectivity index (χ2v) is 6.07. The van der Waals surface area contributed by atoms with E-state index < -0.39 is 17.8 Å².